The van der Waals surface area contributed by atoms with Gasteiger partial charge in [-0.05, 0) is 62.6 Å². The van der Waals surface area contributed by atoms with Crippen LogP contribution in [-0.4, -0.2) is 39.0 Å². The molecule has 1 saturated heterocycles. The minimum atomic E-state index is -0.00386. The van der Waals surface area contributed by atoms with Crippen molar-refractivity contribution in [1.29, 1.82) is 0 Å². The van der Waals surface area contributed by atoms with Crippen molar-refractivity contribution in [3.8, 4) is 5.69 Å². The lowest BCUT2D eigenvalue weighted by atomic mass is 9.96. The molecule has 3 aromatic rings. The van der Waals surface area contributed by atoms with Crippen LogP contribution in [0.3, 0.4) is 0 Å². The van der Waals surface area contributed by atoms with E-state index in [4.69, 9.17) is 5.73 Å². The second kappa shape index (κ2) is 6.92. The Labute approximate surface area is 153 Å². The van der Waals surface area contributed by atoms with Crippen molar-refractivity contribution in [3.05, 3.63) is 60.4 Å². The molecule has 0 radical (unpaired) electrons. The minimum Gasteiger partial charge on any atom is -0.334 e. The maximum atomic E-state index is 13.0. The van der Waals surface area contributed by atoms with Crippen LogP contribution in [0.2, 0.25) is 0 Å². The first-order valence-electron chi connectivity index (χ1n) is 9.24. The van der Waals surface area contributed by atoms with Gasteiger partial charge in [-0.25, -0.2) is 4.98 Å². The molecule has 1 aromatic heterocycles. The van der Waals surface area contributed by atoms with Crippen LogP contribution in [0.25, 0.3) is 16.7 Å². The number of amides is 1. The molecule has 26 heavy (non-hydrogen) atoms. The predicted octanol–water partition coefficient (Wildman–Crippen LogP) is 3.37. The minimum absolute atomic E-state index is 0.00386. The monoisotopic (exact) mass is 348 g/mol. The summed E-state index contributed by atoms with van der Waals surface area (Å²) < 4.78 is 2.04. The number of aromatic nitrogens is 2. The first kappa shape index (κ1) is 16.8. The lowest BCUT2D eigenvalue weighted by Gasteiger charge is -2.38. The van der Waals surface area contributed by atoms with E-state index in [2.05, 4.69) is 4.98 Å². The molecule has 4 rings (SSSR count). The van der Waals surface area contributed by atoms with Crippen LogP contribution < -0.4 is 5.73 Å². The number of benzene rings is 2. The Balaban J connectivity index is 1.60. The molecule has 0 bridgehead atoms. The molecule has 1 aliphatic heterocycles. The number of rotatable bonds is 3. The number of nitrogens with zero attached hydrogens (tertiary/aromatic N) is 3. The summed E-state index contributed by atoms with van der Waals surface area (Å²) in [6.45, 7) is 2.78. The van der Waals surface area contributed by atoms with E-state index in [0.717, 1.165) is 42.5 Å². The Morgan fingerprint density at radius 1 is 1.15 bits per heavy atom. The van der Waals surface area contributed by atoms with E-state index in [0.29, 0.717) is 5.56 Å². The number of hydrogen-bond donors (Lipinski definition) is 1. The average Bonchev–Trinajstić information content (AvgIpc) is 3.11. The third-order valence-corrected chi connectivity index (χ3v) is 5.26. The van der Waals surface area contributed by atoms with Gasteiger partial charge in [0.05, 0.1) is 11.0 Å². The van der Waals surface area contributed by atoms with Gasteiger partial charge in [-0.1, -0.05) is 12.1 Å². The summed E-state index contributed by atoms with van der Waals surface area (Å²) in [5, 5.41) is 0. The third-order valence-electron chi connectivity index (χ3n) is 5.26. The van der Waals surface area contributed by atoms with Crippen molar-refractivity contribution in [1.82, 2.24) is 14.5 Å². The first-order chi connectivity index (χ1) is 12.6. The second-order valence-corrected chi connectivity index (χ2v) is 7.07. The SMILES string of the molecule is CC(N)C1CCCCN1C(=O)c1ccc(-n2cnc3ccccc32)cc1. The summed E-state index contributed by atoms with van der Waals surface area (Å²) in [4.78, 5) is 19.4. The number of para-hydroxylation sites is 2. The molecule has 2 heterocycles. The molecular weight excluding hydrogens is 324 g/mol. The van der Waals surface area contributed by atoms with Gasteiger partial charge in [0.1, 0.15) is 6.33 Å². The first-order valence-corrected chi connectivity index (χ1v) is 9.24. The quantitative estimate of drug-likeness (QED) is 0.789. The van der Waals surface area contributed by atoms with Gasteiger partial charge >= 0.3 is 0 Å². The molecule has 2 N–H and O–H groups in total. The molecule has 1 aliphatic rings. The summed E-state index contributed by atoms with van der Waals surface area (Å²) >= 11 is 0. The lowest BCUT2D eigenvalue weighted by molar-refractivity contribution is 0.0584. The van der Waals surface area contributed by atoms with Crippen molar-refractivity contribution in [3.63, 3.8) is 0 Å². The molecular formula is C21H24N4O. The van der Waals surface area contributed by atoms with E-state index in [-0.39, 0.29) is 18.0 Å². The highest BCUT2D eigenvalue weighted by Crippen LogP contribution is 2.23. The smallest absolute Gasteiger partial charge is 0.254 e. The Morgan fingerprint density at radius 3 is 2.69 bits per heavy atom. The number of fused-ring (bicyclic) bond motifs is 1. The van der Waals surface area contributed by atoms with Gasteiger partial charge in [0.15, 0.2) is 0 Å². The van der Waals surface area contributed by atoms with E-state index < -0.39 is 0 Å². The van der Waals surface area contributed by atoms with E-state index in [1.54, 1.807) is 0 Å². The van der Waals surface area contributed by atoms with E-state index in [1.807, 2.05) is 71.2 Å². The zero-order chi connectivity index (χ0) is 18.1. The van der Waals surface area contributed by atoms with E-state index in [9.17, 15) is 4.79 Å². The van der Waals surface area contributed by atoms with Crippen molar-refractivity contribution < 1.29 is 4.79 Å². The summed E-state index contributed by atoms with van der Waals surface area (Å²) in [7, 11) is 0. The molecule has 0 aliphatic carbocycles. The normalized spacial score (nSPS) is 18.8. The summed E-state index contributed by atoms with van der Waals surface area (Å²) in [6.07, 6.45) is 5.00. The largest absolute Gasteiger partial charge is 0.334 e. The second-order valence-electron chi connectivity index (χ2n) is 7.07. The van der Waals surface area contributed by atoms with Gasteiger partial charge in [-0.3, -0.25) is 9.36 Å². The van der Waals surface area contributed by atoms with Gasteiger partial charge < -0.3 is 10.6 Å². The molecule has 1 amide bonds. The summed E-state index contributed by atoms with van der Waals surface area (Å²) in [5.41, 5.74) is 9.84. The number of carbonyl (C=O) groups excluding carboxylic acids is 1. The van der Waals surface area contributed by atoms with Crippen molar-refractivity contribution in [2.45, 2.75) is 38.3 Å². The fourth-order valence-corrected chi connectivity index (χ4v) is 3.85. The van der Waals surface area contributed by atoms with E-state index in [1.165, 1.54) is 0 Å². The number of nitrogens with two attached hydrogens (primary N) is 1. The molecule has 5 heteroatoms. The number of carbonyl (C=O) groups is 1. The van der Waals surface area contributed by atoms with Gasteiger partial charge in [-0.2, -0.15) is 0 Å². The molecule has 2 unspecified atom stereocenters. The Hall–Kier alpha value is -2.66. The van der Waals surface area contributed by atoms with Crippen molar-refractivity contribution >= 4 is 16.9 Å². The molecule has 134 valence electrons. The van der Waals surface area contributed by atoms with Crippen LogP contribution in [0.15, 0.2) is 54.9 Å². The Bertz CT molecular complexity index is 913. The number of likely N-dealkylation sites (tertiary alicyclic amines) is 1. The lowest BCUT2D eigenvalue weighted by Crippen LogP contribution is -2.51. The van der Waals surface area contributed by atoms with Crippen molar-refractivity contribution in [2.24, 2.45) is 5.73 Å². The zero-order valence-corrected chi connectivity index (χ0v) is 15.0. The fraction of sp³-hybridized carbons (Fsp3) is 0.333. The van der Waals surface area contributed by atoms with E-state index >= 15 is 0 Å². The maximum Gasteiger partial charge on any atom is 0.254 e. The molecule has 0 spiro atoms. The summed E-state index contributed by atoms with van der Waals surface area (Å²) in [6, 6.07) is 15.9. The standard InChI is InChI=1S/C21H24N4O/c1-15(22)19-7-4-5-13-24(19)21(26)16-9-11-17(12-10-16)25-14-23-18-6-2-3-8-20(18)25/h2-3,6,8-12,14-15,19H,4-5,7,13,22H2,1H3. The van der Waals surface area contributed by atoms with Gasteiger partial charge in [0, 0.05) is 29.9 Å². The Morgan fingerprint density at radius 2 is 1.92 bits per heavy atom. The van der Waals surface area contributed by atoms with Crippen LogP contribution in [0, 0.1) is 0 Å². The fourth-order valence-electron chi connectivity index (χ4n) is 3.85. The van der Waals surface area contributed by atoms with Crippen LogP contribution in [0.4, 0.5) is 0 Å². The number of piperidine rings is 1. The molecule has 0 saturated carbocycles. The highest BCUT2D eigenvalue weighted by atomic mass is 16.2. The van der Waals surface area contributed by atoms with Crippen LogP contribution in [0.5, 0.6) is 0 Å². The van der Waals surface area contributed by atoms with Gasteiger partial charge in [-0.15, -0.1) is 0 Å². The molecule has 2 atom stereocenters. The zero-order valence-electron chi connectivity index (χ0n) is 15.0. The topological polar surface area (TPSA) is 64.2 Å². The highest BCUT2D eigenvalue weighted by molar-refractivity contribution is 5.94. The molecule has 1 fully saturated rings. The third kappa shape index (κ3) is 2.99. The number of hydrogen-bond acceptors (Lipinski definition) is 3. The predicted molar refractivity (Wildman–Crippen MR) is 103 cm³/mol. The molecule has 5 nitrogen and oxygen atoms in total. The van der Waals surface area contributed by atoms with Crippen LogP contribution >= 0.6 is 0 Å². The van der Waals surface area contributed by atoms with Gasteiger partial charge in [0.25, 0.3) is 5.91 Å². The van der Waals surface area contributed by atoms with Crippen molar-refractivity contribution in [2.75, 3.05) is 6.54 Å². The molecule has 2 aromatic carbocycles. The maximum absolute atomic E-state index is 13.0. The Kier molecular flexibility index (Phi) is 4.47. The van der Waals surface area contributed by atoms with Crippen LogP contribution in [0.1, 0.15) is 36.5 Å². The highest BCUT2D eigenvalue weighted by Gasteiger charge is 2.29. The van der Waals surface area contributed by atoms with Gasteiger partial charge in [0.2, 0.25) is 0 Å². The summed E-state index contributed by atoms with van der Waals surface area (Å²) in [5.74, 6) is 0.0778. The number of imidazole rings is 1. The average molecular weight is 348 g/mol. The van der Waals surface area contributed by atoms with Crippen LogP contribution in [-0.2, 0) is 0 Å².